The average molecular weight is 286 g/mol. The molecule has 0 spiro atoms. The van der Waals surface area contributed by atoms with Crippen LogP contribution in [0.15, 0.2) is 53.6 Å². The lowest BCUT2D eigenvalue weighted by molar-refractivity contribution is -0.123. The highest BCUT2D eigenvalue weighted by Gasteiger charge is 2.01. The summed E-state index contributed by atoms with van der Waals surface area (Å²) in [5.41, 5.74) is 4.40. The molecule has 0 fully saturated rings. The van der Waals surface area contributed by atoms with Gasteiger partial charge in [-0.05, 0) is 36.8 Å². The summed E-state index contributed by atoms with van der Waals surface area (Å²) in [5, 5.41) is 3.83. The van der Waals surface area contributed by atoms with E-state index in [0.717, 1.165) is 11.1 Å². The van der Waals surface area contributed by atoms with Crippen LogP contribution in [0.3, 0.4) is 0 Å². The molecule has 1 N–H and O–H groups in total. The van der Waals surface area contributed by atoms with E-state index in [1.807, 2.05) is 31.2 Å². The van der Waals surface area contributed by atoms with Crippen LogP contribution in [0.2, 0.25) is 0 Å². The number of rotatable bonds is 5. The van der Waals surface area contributed by atoms with Crippen molar-refractivity contribution in [1.82, 2.24) is 5.43 Å². The Hall–Kier alpha value is -2.69. The number of carbonyl (C=O) groups excluding carboxylic acids is 1. The molecule has 0 saturated carbocycles. The van der Waals surface area contributed by atoms with Crippen LogP contribution in [0.1, 0.15) is 11.1 Å². The van der Waals surface area contributed by atoms with Gasteiger partial charge >= 0.3 is 0 Å². The number of nitrogens with zero attached hydrogens (tertiary/aromatic N) is 1. The maximum atomic E-state index is 12.7. The first-order chi connectivity index (χ1) is 10.1. The van der Waals surface area contributed by atoms with Crippen LogP contribution in [-0.4, -0.2) is 18.7 Å². The van der Waals surface area contributed by atoms with Gasteiger partial charge in [0.2, 0.25) is 0 Å². The van der Waals surface area contributed by atoms with Gasteiger partial charge < -0.3 is 4.74 Å². The zero-order valence-electron chi connectivity index (χ0n) is 11.5. The van der Waals surface area contributed by atoms with Crippen molar-refractivity contribution < 1.29 is 13.9 Å². The summed E-state index contributed by atoms with van der Waals surface area (Å²) in [7, 11) is 0. The van der Waals surface area contributed by atoms with Gasteiger partial charge in [0.25, 0.3) is 5.91 Å². The Bertz CT molecular complexity index is 622. The van der Waals surface area contributed by atoms with Crippen molar-refractivity contribution in [2.75, 3.05) is 6.61 Å². The van der Waals surface area contributed by atoms with E-state index >= 15 is 0 Å². The minimum Gasteiger partial charge on any atom is -0.484 e. The molecule has 5 heteroatoms. The summed E-state index contributed by atoms with van der Waals surface area (Å²) < 4.78 is 17.9. The Morgan fingerprint density at radius 2 is 1.86 bits per heavy atom. The van der Waals surface area contributed by atoms with E-state index in [0.29, 0.717) is 5.75 Å². The molecule has 0 heterocycles. The molecule has 0 unspecified atom stereocenters. The van der Waals surface area contributed by atoms with Crippen LogP contribution < -0.4 is 10.2 Å². The van der Waals surface area contributed by atoms with E-state index in [1.54, 1.807) is 6.21 Å². The van der Waals surface area contributed by atoms with Crippen molar-refractivity contribution in [2.24, 2.45) is 5.10 Å². The topological polar surface area (TPSA) is 50.7 Å². The first-order valence-electron chi connectivity index (χ1n) is 6.40. The fourth-order valence-corrected chi connectivity index (χ4v) is 1.54. The van der Waals surface area contributed by atoms with Crippen molar-refractivity contribution >= 4 is 12.1 Å². The Kier molecular flexibility index (Phi) is 5.04. The molecule has 2 rings (SSSR count). The van der Waals surface area contributed by atoms with Crippen LogP contribution in [0.25, 0.3) is 0 Å². The maximum absolute atomic E-state index is 12.7. The number of benzene rings is 2. The molecule has 0 atom stereocenters. The molecule has 0 aliphatic carbocycles. The fourth-order valence-electron chi connectivity index (χ4n) is 1.54. The molecule has 0 radical (unpaired) electrons. The van der Waals surface area contributed by atoms with Crippen molar-refractivity contribution in [2.45, 2.75) is 6.92 Å². The standard InChI is InChI=1S/C16H15FN2O2/c1-12-2-4-13(5-3-12)10-18-19-16(20)11-21-15-8-6-14(17)7-9-15/h2-10H,11H2,1H3,(H,19,20)/b18-10-. The van der Waals surface area contributed by atoms with Crippen LogP contribution >= 0.6 is 0 Å². The summed E-state index contributed by atoms with van der Waals surface area (Å²) in [5.74, 6) is -0.314. The Morgan fingerprint density at radius 3 is 2.52 bits per heavy atom. The largest absolute Gasteiger partial charge is 0.484 e. The minimum absolute atomic E-state index is 0.184. The molecular formula is C16H15FN2O2. The molecule has 0 aliphatic rings. The third-order valence-electron chi connectivity index (χ3n) is 2.66. The second kappa shape index (κ2) is 7.19. The molecule has 2 aromatic rings. The predicted molar refractivity (Wildman–Crippen MR) is 78.8 cm³/mol. The lowest BCUT2D eigenvalue weighted by Gasteiger charge is -2.04. The molecule has 0 bridgehead atoms. The summed E-state index contributed by atoms with van der Waals surface area (Å²) in [6.45, 7) is 1.81. The zero-order chi connectivity index (χ0) is 15.1. The molecule has 0 aliphatic heterocycles. The average Bonchev–Trinajstić information content (AvgIpc) is 2.49. The molecule has 0 saturated heterocycles. The van der Waals surface area contributed by atoms with Gasteiger partial charge in [-0.1, -0.05) is 29.8 Å². The molecule has 4 nitrogen and oxygen atoms in total. The number of hydrazone groups is 1. The van der Waals surface area contributed by atoms with Crippen molar-refractivity contribution in [3.63, 3.8) is 0 Å². The number of hydrogen-bond acceptors (Lipinski definition) is 3. The summed E-state index contributed by atoms with van der Waals surface area (Å²) in [4.78, 5) is 11.5. The smallest absolute Gasteiger partial charge is 0.277 e. The van der Waals surface area contributed by atoms with E-state index in [9.17, 15) is 9.18 Å². The second-order valence-corrected chi connectivity index (χ2v) is 4.45. The molecule has 108 valence electrons. The van der Waals surface area contributed by atoms with Gasteiger partial charge in [0.05, 0.1) is 6.21 Å². The molecule has 0 aromatic heterocycles. The number of halogens is 1. The van der Waals surface area contributed by atoms with E-state index in [1.165, 1.54) is 24.3 Å². The van der Waals surface area contributed by atoms with Gasteiger partial charge in [0.15, 0.2) is 6.61 Å². The maximum Gasteiger partial charge on any atom is 0.277 e. The monoisotopic (exact) mass is 286 g/mol. The molecule has 21 heavy (non-hydrogen) atoms. The van der Waals surface area contributed by atoms with E-state index in [2.05, 4.69) is 10.5 Å². The number of hydrogen-bond donors (Lipinski definition) is 1. The van der Waals surface area contributed by atoms with Crippen LogP contribution in [0.4, 0.5) is 4.39 Å². The van der Waals surface area contributed by atoms with Crippen molar-refractivity contribution in [3.8, 4) is 5.75 Å². The van der Waals surface area contributed by atoms with Gasteiger partial charge in [0.1, 0.15) is 11.6 Å². The van der Waals surface area contributed by atoms with Gasteiger partial charge in [-0.25, -0.2) is 9.82 Å². The third kappa shape index (κ3) is 5.06. The fraction of sp³-hybridized carbons (Fsp3) is 0.125. The number of nitrogens with one attached hydrogen (secondary N) is 1. The number of ether oxygens (including phenoxy) is 1. The minimum atomic E-state index is -0.386. The Morgan fingerprint density at radius 1 is 1.19 bits per heavy atom. The summed E-state index contributed by atoms with van der Waals surface area (Å²) >= 11 is 0. The first-order valence-corrected chi connectivity index (χ1v) is 6.40. The van der Waals surface area contributed by atoms with E-state index in [4.69, 9.17) is 4.74 Å². The summed E-state index contributed by atoms with van der Waals surface area (Å²) in [6, 6.07) is 13.2. The SMILES string of the molecule is Cc1ccc(/C=N\NC(=O)COc2ccc(F)cc2)cc1. The lowest BCUT2D eigenvalue weighted by atomic mass is 10.2. The Labute approximate surface area is 122 Å². The van der Waals surface area contributed by atoms with Crippen molar-refractivity contribution in [3.05, 3.63) is 65.5 Å². The number of aryl methyl sites for hydroxylation is 1. The highest BCUT2D eigenvalue weighted by atomic mass is 19.1. The quantitative estimate of drug-likeness (QED) is 0.678. The first kappa shape index (κ1) is 14.7. The summed E-state index contributed by atoms with van der Waals surface area (Å²) in [6.07, 6.45) is 1.55. The highest BCUT2D eigenvalue weighted by molar-refractivity contribution is 5.82. The van der Waals surface area contributed by atoms with Gasteiger partial charge in [-0.2, -0.15) is 5.10 Å². The molecular weight excluding hydrogens is 271 g/mol. The van der Waals surface area contributed by atoms with Crippen LogP contribution in [0, 0.1) is 12.7 Å². The molecule has 1 amide bonds. The lowest BCUT2D eigenvalue weighted by Crippen LogP contribution is -2.24. The van der Waals surface area contributed by atoms with Gasteiger partial charge in [0, 0.05) is 0 Å². The highest BCUT2D eigenvalue weighted by Crippen LogP contribution is 2.10. The molecule has 2 aromatic carbocycles. The van der Waals surface area contributed by atoms with Crippen LogP contribution in [-0.2, 0) is 4.79 Å². The number of carbonyl (C=O) groups is 1. The second-order valence-electron chi connectivity index (χ2n) is 4.45. The number of amides is 1. The third-order valence-corrected chi connectivity index (χ3v) is 2.66. The van der Waals surface area contributed by atoms with Gasteiger partial charge in [-0.3, -0.25) is 4.79 Å². The Balaban J connectivity index is 1.77. The van der Waals surface area contributed by atoms with Crippen LogP contribution in [0.5, 0.6) is 5.75 Å². The van der Waals surface area contributed by atoms with Crippen molar-refractivity contribution in [1.29, 1.82) is 0 Å². The predicted octanol–water partition coefficient (Wildman–Crippen LogP) is 2.66. The van der Waals surface area contributed by atoms with E-state index in [-0.39, 0.29) is 18.3 Å². The zero-order valence-corrected chi connectivity index (χ0v) is 11.5. The van der Waals surface area contributed by atoms with Gasteiger partial charge in [-0.15, -0.1) is 0 Å². The normalized spacial score (nSPS) is 10.6. The van der Waals surface area contributed by atoms with E-state index < -0.39 is 0 Å².